The largest absolute Gasteiger partial charge is 0.508 e. The Labute approximate surface area is 307 Å². The molecule has 0 radical (unpaired) electrons. The van der Waals surface area contributed by atoms with E-state index in [2.05, 4.69) is 6.92 Å². The summed E-state index contributed by atoms with van der Waals surface area (Å²) in [6.45, 7) is 4.08. The van der Waals surface area contributed by atoms with Gasteiger partial charge < -0.3 is 63.1 Å². The molecule has 5 aliphatic rings. The van der Waals surface area contributed by atoms with Gasteiger partial charge in [-0.3, -0.25) is 4.79 Å². The highest BCUT2D eigenvalue weighted by Crippen LogP contribution is 2.57. The van der Waals surface area contributed by atoms with Crippen molar-refractivity contribution in [3.8, 4) is 34.5 Å². The first kappa shape index (κ1) is 37.0. The normalized spacial score (nSPS) is 30.9. The summed E-state index contributed by atoms with van der Waals surface area (Å²) < 4.78 is 51.5. The lowest BCUT2D eigenvalue weighted by Gasteiger charge is -2.47. The van der Waals surface area contributed by atoms with Crippen molar-refractivity contribution in [2.45, 2.75) is 82.1 Å². The van der Waals surface area contributed by atoms with Gasteiger partial charge in [-0.1, -0.05) is 31.5 Å². The second-order valence-corrected chi connectivity index (χ2v) is 13.7. The van der Waals surface area contributed by atoms with Gasteiger partial charge in [0.05, 0.1) is 39.5 Å². The molecule has 1 aliphatic carbocycles. The van der Waals surface area contributed by atoms with Crippen LogP contribution >= 0.6 is 0 Å². The number of hydrogen-bond donors (Lipinski definition) is 4. The van der Waals surface area contributed by atoms with Gasteiger partial charge in [-0.25, -0.2) is 0 Å². The van der Waals surface area contributed by atoms with Gasteiger partial charge in [-0.2, -0.15) is 0 Å². The SMILES string of the molecule is CCCCc1ccccc1O.COc1cc([C@@H]2c3cc4c(cc3C(O[C@@H]3O[C@@H]5CO[C@@H](C)O[C@H]5[C@H](O)[C@H]3O)C3COC(=O)[C@@H]32)OCO4)cc(OC)c1O. The first-order valence-electron chi connectivity index (χ1n) is 17.9. The topological polar surface area (TPSA) is 181 Å². The number of unbranched alkanes of at least 4 members (excludes halogenated alkanes) is 1. The molecule has 0 saturated carbocycles. The van der Waals surface area contributed by atoms with Gasteiger partial charge in [-0.05, 0) is 72.4 Å². The van der Waals surface area contributed by atoms with Crippen LogP contribution in [0.5, 0.6) is 34.5 Å². The van der Waals surface area contributed by atoms with E-state index in [1.54, 1.807) is 37.3 Å². The highest BCUT2D eigenvalue weighted by Gasteiger charge is 2.56. The lowest BCUT2D eigenvalue weighted by molar-refractivity contribution is -0.364. The van der Waals surface area contributed by atoms with Crippen molar-refractivity contribution >= 4 is 5.97 Å². The van der Waals surface area contributed by atoms with Gasteiger partial charge in [-0.15, -0.1) is 0 Å². The van der Waals surface area contributed by atoms with Crippen LogP contribution in [-0.4, -0.2) is 97.6 Å². The summed E-state index contributed by atoms with van der Waals surface area (Å²) in [5, 5.41) is 41.9. The summed E-state index contributed by atoms with van der Waals surface area (Å²) in [5.74, 6) is -0.593. The molecule has 0 bridgehead atoms. The third-order valence-corrected chi connectivity index (χ3v) is 10.5. The van der Waals surface area contributed by atoms with Crippen molar-refractivity contribution < 1.29 is 67.9 Å². The molecular formula is C39H46O14. The minimum atomic E-state index is -1.44. The number of methoxy groups -OCH3 is 2. The van der Waals surface area contributed by atoms with E-state index in [0.29, 0.717) is 33.9 Å². The van der Waals surface area contributed by atoms with E-state index in [-0.39, 0.29) is 37.3 Å². The van der Waals surface area contributed by atoms with Gasteiger partial charge in [0.2, 0.25) is 12.5 Å². The molecule has 3 saturated heterocycles. The monoisotopic (exact) mass is 738 g/mol. The summed E-state index contributed by atoms with van der Waals surface area (Å²) in [4.78, 5) is 13.4. The zero-order chi connectivity index (χ0) is 37.4. The fourth-order valence-electron chi connectivity index (χ4n) is 7.82. The Hall–Kier alpha value is -4.31. The molecule has 4 N–H and O–H groups in total. The molecule has 14 heteroatoms. The predicted octanol–water partition coefficient (Wildman–Crippen LogP) is 4.07. The molecule has 3 aromatic rings. The third-order valence-electron chi connectivity index (χ3n) is 10.5. The molecule has 4 aliphatic heterocycles. The van der Waals surface area contributed by atoms with Crippen LogP contribution in [0.25, 0.3) is 0 Å². The maximum absolute atomic E-state index is 13.4. The van der Waals surface area contributed by atoms with Crippen molar-refractivity contribution in [2.75, 3.05) is 34.2 Å². The van der Waals surface area contributed by atoms with E-state index < -0.39 is 66.8 Å². The van der Waals surface area contributed by atoms with Gasteiger partial charge in [0.15, 0.2) is 35.6 Å². The van der Waals surface area contributed by atoms with Gasteiger partial charge >= 0.3 is 5.97 Å². The lowest BCUT2D eigenvalue weighted by atomic mass is 9.66. The number of rotatable bonds is 8. The molecule has 0 amide bonds. The molecule has 14 nitrogen and oxygen atoms in total. The zero-order valence-corrected chi connectivity index (χ0v) is 30.0. The molecule has 8 rings (SSSR count). The first-order valence-corrected chi connectivity index (χ1v) is 17.9. The summed E-state index contributed by atoms with van der Waals surface area (Å²) >= 11 is 0. The highest BCUT2D eigenvalue weighted by atomic mass is 16.8. The van der Waals surface area contributed by atoms with Crippen molar-refractivity contribution in [1.29, 1.82) is 0 Å². The van der Waals surface area contributed by atoms with Crippen LogP contribution in [0.4, 0.5) is 0 Å². The maximum Gasteiger partial charge on any atom is 0.310 e. The average molecular weight is 739 g/mol. The number of aliphatic hydroxyl groups is 2. The molecule has 3 aromatic carbocycles. The van der Waals surface area contributed by atoms with Crippen molar-refractivity contribution in [3.05, 3.63) is 70.8 Å². The van der Waals surface area contributed by atoms with Crippen LogP contribution in [0.1, 0.15) is 61.0 Å². The number of ether oxygens (including phenoxy) is 9. The van der Waals surface area contributed by atoms with Gasteiger partial charge in [0.25, 0.3) is 0 Å². The van der Waals surface area contributed by atoms with Crippen molar-refractivity contribution in [2.24, 2.45) is 11.8 Å². The number of carbonyl (C=O) groups excluding carboxylic acids is 1. The minimum absolute atomic E-state index is 0.0301. The van der Waals surface area contributed by atoms with Crippen LogP contribution in [0.3, 0.4) is 0 Å². The number of cyclic esters (lactones) is 1. The Kier molecular flexibility index (Phi) is 10.9. The first-order chi connectivity index (χ1) is 25.6. The summed E-state index contributed by atoms with van der Waals surface area (Å²) in [6.07, 6.45) is -3.48. The number of esters is 1. The number of hydrogen-bond acceptors (Lipinski definition) is 14. The molecule has 4 heterocycles. The lowest BCUT2D eigenvalue weighted by Crippen LogP contribution is -2.63. The van der Waals surface area contributed by atoms with Crippen LogP contribution in [0, 0.1) is 11.8 Å². The number of carbonyl (C=O) groups is 1. The van der Waals surface area contributed by atoms with E-state index >= 15 is 0 Å². The van der Waals surface area contributed by atoms with Crippen molar-refractivity contribution in [1.82, 2.24) is 0 Å². The van der Waals surface area contributed by atoms with Crippen LogP contribution in [0.2, 0.25) is 0 Å². The number of fused-ring (bicyclic) bond motifs is 4. The predicted molar refractivity (Wildman–Crippen MR) is 185 cm³/mol. The molecule has 3 fully saturated rings. The standard InChI is InChI=1S/C29H32O13.C10H14O/c1-11-36-9-20-27(40-11)24(31)25(32)29(41-20)42-26-14-7-17-16(38-10-39-17)6-13(14)21(22-15(26)8-37-28(22)33)12-4-18(34-2)23(30)19(5-12)35-3;1-2-3-6-9-7-4-5-8-10(9)11/h4-7,11,15,20-22,24-27,29-32H,8-10H2,1-3H3;4-5,7-8,11H,2-3,6H2,1H3/t11-,15?,20-,21-,22+,24-,25-,26?,27-,29+;/m1./s1. The van der Waals surface area contributed by atoms with Crippen LogP contribution < -0.4 is 18.9 Å². The Bertz CT molecular complexity index is 1750. The Morgan fingerprint density at radius 3 is 2.25 bits per heavy atom. The molecule has 53 heavy (non-hydrogen) atoms. The highest BCUT2D eigenvalue weighted by molar-refractivity contribution is 5.79. The molecule has 0 spiro atoms. The van der Waals surface area contributed by atoms with E-state index in [9.17, 15) is 25.2 Å². The van der Waals surface area contributed by atoms with Gasteiger partial charge in [0.1, 0.15) is 30.2 Å². The molecule has 10 atom stereocenters. The minimum Gasteiger partial charge on any atom is -0.508 e. The third kappa shape index (κ3) is 7.07. The summed E-state index contributed by atoms with van der Waals surface area (Å²) in [6, 6.07) is 14.5. The number of phenols is 2. The molecule has 2 unspecified atom stereocenters. The van der Waals surface area contributed by atoms with Gasteiger partial charge in [0, 0.05) is 11.8 Å². The number of aryl methyl sites for hydroxylation is 1. The summed E-state index contributed by atoms with van der Waals surface area (Å²) in [5.41, 5.74) is 3.08. The van der Waals surface area contributed by atoms with Crippen molar-refractivity contribution in [3.63, 3.8) is 0 Å². The van der Waals surface area contributed by atoms with E-state index in [4.69, 9.17) is 42.6 Å². The van der Waals surface area contributed by atoms with E-state index in [1.807, 2.05) is 18.2 Å². The number of aliphatic hydroxyl groups excluding tert-OH is 2. The van der Waals surface area contributed by atoms with Crippen LogP contribution in [-0.2, 0) is 34.9 Å². The Balaban J connectivity index is 0.000000341. The Morgan fingerprint density at radius 2 is 1.57 bits per heavy atom. The van der Waals surface area contributed by atoms with E-state index in [0.717, 1.165) is 18.4 Å². The number of benzene rings is 3. The summed E-state index contributed by atoms with van der Waals surface area (Å²) in [7, 11) is 2.86. The number of aromatic hydroxyl groups is 2. The Morgan fingerprint density at radius 1 is 0.868 bits per heavy atom. The second kappa shape index (κ2) is 15.6. The maximum atomic E-state index is 13.4. The quantitative estimate of drug-likeness (QED) is 0.243. The fourth-order valence-corrected chi connectivity index (χ4v) is 7.82. The zero-order valence-electron chi connectivity index (χ0n) is 30.0. The fraction of sp³-hybridized carbons (Fsp3) is 0.513. The van der Waals surface area contributed by atoms with E-state index in [1.165, 1.54) is 20.6 Å². The second-order valence-electron chi connectivity index (χ2n) is 13.7. The smallest absolute Gasteiger partial charge is 0.310 e. The van der Waals surface area contributed by atoms with Crippen LogP contribution in [0.15, 0.2) is 48.5 Å². The molecule has 286 valence electrons. The number of phenolic OH excluding ortho intramolecular Hbond substituents is 2. The molecular weight excluding hydrogens is 692 g/mol. The average Bonchev–Trinajstić information content (AvgIpc) is 3.79. The molecule has 0 aromatic heterocycles. The number of para-hydroxylation sites is 1.